The third kappa shape index (κ3) is 6.44. The van der Waals surface area contributed by atoms with Crippen LogP contribution >= 0.6 is 24.8 Å². The molecule has 0 radical (unpaired) electrons. The van der Waals surface area contributed by atoms with Gasteiger partial charge in [-0.05, 0) is 38.4 Å². The van der Waals surface area contributed by atoms with Crippen molar-refractivity contribution < 1.29 is 4.79 Å². The van der Waals surface area contributed by atoms with Crippen molar-refractivity contribution >= 4 is 36.5 Å². The number of likely N-dealkylation sites (N-methyl/N-ethyl adjacent to an activating group) is 1. The Bertz CT molecular complexity index is 536. The van der Waals surface area contributed by atoms with Gasteiger partial charge in [0.05, 0.1) is 11.6 Å². The van der Waals surface area contributed by atoms with Crippen LogP contribution in [0.4, 0.5) is 10.5 Å². The number of carbonyl (C=O) groups excluding carboxylic acids is 1. The van der Waals surface area contributed by atoms with E-state index in [1.54, 1.807) is 0 Å². The number of hydrogen-bond donors (Lipinski definition) is 1. The van der Waals surface area contributed by atoms with Gasteiger partial charge < -0.3 is 20.0 Å². The van der Waals surface area contributed by atoms with Crippen molar-refractivity contribution in [3.8, 4) is 6.07 Å². The molecule has 0 spiro atoms. The summed E-state index contributed by atoms with van der Waals surface area (Å²) in [6.45, 7) is 4.57. The molecule has 0 saturated carbocycles. The first kappa shape index (κ1) is 22.3. The highest BCUT2D eigenvalue weighted by molar-refractivity contribution is 5.85. The van der Waals surface area contributed by atoms with Crippen molar-refractivity contribution in [1.82, 2.24) is 15.1 Å². The van der Waals surface area contributed by atoms with E-state index in [9.17, 15) is 4.79 Å². The first-order valence-corrected chi connectivity index (χ1v) is 7.53. The average molecular weight is 374 g/mol. The van der Waals surface area contributed by atoms with Gasteiger partial charge in [-0.3, -0.25) is 0 Å². The molecule has 0 unspecified atom stereocenters. The van der Waals surface area contributed by atoms with Crippen LogP contribution in [0.15, 0.2) is 24.3 Å². The number of nitriles is 1. The Kier molecular flexibility index (Phi) is 10.2. The molecule has 0 aromatic heterocycles. The van der Waals surface area contributed by atoms with E-state index in [0.717, 1.165) is 25.3 Å². The van der Waals surface area contributed by atoms with Gasteiger partial charge in [-0.1, -0.05) is 0 Å². The predicted molar refractivity (Wildman–Crippen MR) is 101 cm³/mol. The van der Waals surface area contributed by atoms with E-state index in [1.165, 1.54) is 0 Å². The maximum atomic E-state index is 12.0. The van der Waals surface area contributed by atoms with E-state index in [-0.39, 0.29) is 30.8 Å². The zero-order valence-corrected chi connectivity index (χ0v) is 15.7. The second-order valence-corrected chi connectivity index (χ2v) is 5.67. The topological polar surface area (TPSA) is 62.6 Å². The van der Waals surface area contributed by atoms with Gasteiger partial charge in [0, 0.05) is 45.0 Å². The molecule has 6 nitrogen and oxygen atoms in total. The molecule has 134 valence electrons. The molecular weight excluding hydrogens is 349 g/mol. The molecule has 1 fully saturated rings. The van der Waals surface area contributed by atoms with Crippen molar-refractivity contribution in [2.24, 2.45) is 0 Å². The first-order valence-electron chi connectivity index (χ1n) is 7.53. The lowest BCUT2D eigenvalue weighted by atomic mass is 10.2. The summed E-state index contributed by atoms with van der Waals surface area (Å²) in [5.41, 5.74) is 1.77. The fourth-order valence-corrected chi connectivity index (χ4v) is 2.41. The highest BCUT2D eigenvalue weighted by Gasteiger charge is 2.20. The predicted octanol–water partition coefficient (Wildman–Crippen LogP) is 1.80. The standard InChI is InChI=1S/C16H23N5O.2ClH/c1-19(2)8-7-18-16(22)21-11-9-20(10-12-21)15-5-3-14(13-17)4-6-15;;/h3-6H,7-12H2,1-2H3,(H,18,22);2*1H. The molecule has 1 aromatic rings. The monoisotopic (exact) mass is 373 g/mol. The molecule has 1 aromatic carbocycles. The van der Waals surface area contributed by atoms with Gasteiger partial charge in [-0.2, -0.15) is 5.26 Å². The summed E-state index contributed by atoms with van der Waals surface area (Å²) in [5.74, 6) is 0. The fourth-order valence-electron chi connectivity index (χ4n) is 2.41. The van der Waals surface area contributed by atoms with E-state index in [2.05, 4.69) is 16.3 Å². The third-order valence-electron chi connectivity index (χ3n) is 3.76. The summed E-state index contributed by atoms with van der Waals surface area (Å²) in [5, 5.41) is 11.8. The molecule has 1 heterocycles. The molecule has 1 saturated heterocycles. The van der Waals surface area contributed by atoms with E-state index in [0.29, 0.717) is 25.2 Å². The SMILES string of the molecule is CN(C)CCNC(=O)N1CCN(c2ccc(C#N)cc2)CC1.Cl.Cl. The molecule has 24 heavy (non-hydrogen) atoms. The molecular formula is C16H25Cl2N5O. The van der Waals surface area contributed by atoms with Crippen LogP contribution in [0.2, 0.25) is 0 Å². The number of amides is 2. The Labute approximate surface area is 156 Å². The maximum Gasteiger partial charge on any atom is 0.317 e. The number of hydrogen-bond acceptors (Lipinski definition) is 4. The second kappa shape index (κ2) is 11.0. The van der Waals surface area contributed by atoms with E-state index in [1.807, 2.05) is 48.2 Å². The number of nitrogens with one attached hydrogen (secondary N) is 1. The Hall–Kier alpha value is -1.68. The number of halogens is 2. The largest absolute Gasteiger partial charge is 0.368 e. The molecule has 8 heteroatoms. The molecule has 1 aliphatic rings. The average Bonchev–Trinajstić information content (AvgIpc) is 2.54. The van der Waals surface area contributed by atoms with Crippen molar-refractivity contribution in [3.63, 3.8) is 0 Å². The van der Waals surface area contributed by atoms with E-state index >= 15 is 0 Å². The van der Waals surface area contributed by atoms with Crippen molar-refractivity contribution in [3.05, 3.63) is 29.8 Å². The molecule has 0 bridgehead atoms. The molecule has 1 N–H and O–H groups in total. The quantitative estimate of drug-likeness (QED) is 0.873. The molecule has 2 rings (SSSR count). The number of anilines is 1. The van der Waals surface area contributed by atoms with E-state index < -0.39 is 0 Å². The highest BCUT2D eigenvalue weighted by atomic mass is 35.5. The Balaban J connectivity index is 0.00000264. The minimum Gasteiger partial charge on any atom is -0.368 e. The number of urea groups is 1. The van der Waals surface area contributed by atoms with Crippen LogP contribution in [0.25, 0.3) is 0 Å². The lowest BCUT2D eigenvalue weighted by molar-refractivity contribution is 0.193. The summed E-state index contributed by atoms with van der Waals surface area (Å²) in [6, 6.07) is 9.72. The number of rotatable bonds is 4. The zero-order chi connectivity index (χ0) is 15.9. The summed E-state index contributed by atoms with van der Waals surface area (Å²) in [6.07, 6.45) is 0. The van der Waals surface area contributed by atoms with Crippen molar-refractivity contribution in [1.29, 1.82) is 5.26 Å². The first-order chi connectivity index (χ1) is 10.6. The minimum absolute atomic E-state index is 0. The second-order valence-electron chi connectivity index (χ2n) is 5.67. The van der Waals surface area contributed by atoms with Gasteiger partial charge in [0.1, 0.15) is 0 Å². The molecule has 0 atom stereocenters. The summed E-state index contributed by atoms with van der Waals surface area (Å²) >= 11 is 0. The number of carbonyl (C=O) groups is 1. The Morgan fingerprint density at radius 2 is 1.75 bits per heavy atom. The van der Waals surface area contributed by atoms with E-state index in [4.69, 9.17) is 5.26 Å². The van der Waals surface area contributed by atoms with Gasteiger partial charge in [0.15, 0.2) is 0 Å². The van der Waals surface area contributed by atoms with Crippen LogP contribution in [0.1, 0.15) is 5.56 Å². The summed E-state index contributed by atoms with van der Waals surface area (Å²) in [7, 11) is 3.98. The number of nitrogens with zero attached hydrogens (tertiary/aromatic N) is 4. The summed E-state index contributed by atoms with van der Waals surface area (Å²) in [4.78, 5) is 18.2. The highest BCUT2D eigenvalue weighted by Crippen LogP contribution is 2.17. The summed E-state index contributed by atoms with van der Waals surface area (Å²) < 4.78 is 0. The van der Waals surface area contributed by atoms with Crippen molar-refractivity contribution in [2.75, 3.05) is 58.3 Å². The fraction of sp³-hybridized carbons (Fsp3) is 0.500. The van der Waals surface area contributed by atoms with Crippen LogP contribution in [0.3, 0.4) is 0 Å². The Morgan fingerprint density at radius 1 is 1.17 bits per heavy atom. The van der Waals surface area contributed by atoms with Crippen LogP contribution in [0, 0.1) is 11.3 Å². The lowest BCUT2D eigenvalue weighted by Crippen LogP contribution is -2.52. The Morgan fingerprint density at radius 3 is 2.25 bits per heavy atom. The van der Waals surface area contributed by atoms with Gasteiger partial charge in [-0.25, -0.2) is 4.79 Å². The smallest absolute Gasteiger partial charge is 0.317 e. The van der Waals surface area contributed by atoms with Gasteiger partial charge in [0.2, 0.25) is 0 Å². The van der Waals surface area contributed by atoms with Gasteiger partial charge in [-0.15, -0.1) is 24.8 Å². The van der Waals surface area contributed by atoms with Crippen LogP contribution in [0.5, 0.6) is 0 Å². The van der Waals surface area contributed by atoms with Gasteiger partial charge >= 0.3 is 6.03 Å². The zero-order valence-electron chi connectivity index (χ0n) is 14.1. The lowest BCUT2D eigenvalue weighted by Gasteiger charge is -2.36. The number of benzene rings is 1. The molecule has 0 aliphatic carbocycles. The van der Waals surface area contributed by atoms with Crippen LogP contribution in [-0.2, 0) is 0 Å². The third-order valence-corrected chi connectivity index (χ3v) is 3.76. The van der Waals surface area contributed by atoms with Crippen molar-refractivity contribution in [2.45, 2.75) is 0 Å². The maximum absolute atomic E-state index is 12.0. The van der Waals surface area contributed by atoms with Crippen LogP contribution in [-0.4, -0.2) is 69.2 Å². The molecule has 1 aliphatic heterocycles. The minimum atomic E-state index is 0. The van der Waals surface area contributed by atoms with Crippen LogP contribution < -0.4 is 10.2 Å². The van der Waals surface area contributed by atoms with Gasteiger partial charge in [0.25, 0.3) is 0 Å². The number of piperazine rings is 1. The molecule has 2 amide bonds. The normalized spacial score (nSPS) is 13.6.